The van der Waals surface area contributed by atoms with Crippen LogP contribution in [0.2, 0.25) is 0 Å². The maximum Gasteiger partial charge on any atom is 0.271 e. The van der Waals surface area contributed by atoms with Crippen molar-refractivity contribution < 1.29 is 4.79 Å². The molecule has 1 fully saturated rings. The van der Waals surface area contributed by atoms with Gasteiger partial charge in [-0.15, -0.1) is 11.3 Å². The monoisotopic (exact) mass is 420 g/mol. The zero-order chi connectivity index (χ0) is 20.9. The number of hydrogen-bond donors (Lipinski definition) is 1. The van der Waals surface area contributed by atoms with Gasteiger partial charge in [-0.05, 0) is 19.5 Å². The second-order valence-corrected chi connectivity index (χ2v) is 8.80. The smallest absolute Gasteiger partial charge is 0.271 e. The van der Waals surface area contributed by atoms with Crippen LogP contribution in [0.1, 0.15) is 27.7 Å². The van der Waals surface area contributed by atoms with Crippen molar-refractivity contribution >= 4 is 17.2 Å². The first-order valence-corrected chi connectivity index (χ1v) is 11.3. The quantitative estimate of drug-likeness (QED) is 0.658. The van der Waals surface area contributed by atoms with E-state index in [1.54, 1.807) is 0 Å². The van der Waals surface area contributed by atoms with Gasteiger partial charge in [-0.2, -0.15) is 0 Å². The molecule has 1 aliphatic rings. The summed E-state index contributed by atoms with van der Waals surface area (Å²) in [4.78, 5) is 22.4. The highest BCUT2D eigenvalue weighted by atomic mass is 32.1. The van der Waals surface area contributed by atoms with Crippen LogP contribution in [0.15, 0.2) is 60.0 Å². The van der Waals surface area contributed by atoms with Crippen LogP contribution >= 0.6 is 11.3 Å². The van der Waals surface area contributed by atoms with Crippen LogP contribution in [0.25, 0.3) is 10.6 Å². The Bertz CT molecular complexity index is 962. The fourth-order valence-corrected chi connectivity index (χ4v) is 4.45. The van der Waals surface area contributed by atoms with Gasteiger partial charge in [0, 0.05) is 43.7 Å². The molecule has 5 nitrogen and oxygen atoms in total. The lowest BCUT2D eigenvalue weighted by Crippen LogP contribution is -2.47. The molecule has 1 atom stereocenters. The zero-order valence-corrected chi connectivity index (χ0v) is 18.4. The standard InChI is InChI=1S/C24H28N4OS/c1-18-8-10-20(11-9-18)24-26-22(17-30-24)23(29)25-21(19-6-4-3-5-7-19)16-28-14-12-27(2)13-15-28/h3-11,17,21H,12-16H2,1-2H3,(H,25,29). The third kappa shape index (κ3) is 5.14. The molecule has 30 heavy (non-hydrogen) atoms. The number of thiazole rings is 1. The number of carbonyl (C=O) groups excluding carboxylic acids is 1. The molecular weight excluding hydrogens is 392 g/mol. The third-order valence-electron chi connectivity index (χ3n) is 5.58. The number of amides is 1. The second kappa shape index (κ2) is 9.51. The van der Waals surface area contributed by atoms with E-state index in [0.29, 0.717) is 5.69 Å². The molecule has 1 unspecified atom stereocenters. The summed E-state index contributed by atoms with van der Waals surface area (Å²) in [5.74, 6) is -0.118. The first-order chi connectivity index (χ1) is 14.6. The minimum Gasteiger partial charge on any atom is -0.343 e. The lowest BCUT2D eigenvalue weighted by molar-refractivity contribution is 0.0903. The molecule has 4 rings (SSSR count). The van der Waals surface area contributed by atoms with Crippen LogP contribution in [0.4, 0.5) is 0 Å². The number of aromatic nitrogens is 1. The molecule has 1 amide bonds. The van der Waals surface area contributed by atoms with Crippen LogP contribution in [0.5, 0.6) is 0 Å². The normalized spacial score (nSPS) is 16.3. The van der Waals surface area contributed by atoms with Gasteiger partial charge in [-0.25, -0.2) is 4.98 Å². The Balaban J connectivity index is 1.48. The van der Waals surface area contributed by atoms with Gasteiger partial charge in [0.05, 0.1) is 6.04 Å². The van der Waals surface area contributed by atoms with Crippen molar-refractivity contribution in [2.75, 3.05) is 39.8 Å². The summed E-state index contributed by atoms with van der Waals surface area (Å²) >= 11 is 1.51. The maximum absolute atomic E-state index is 13.0. The van der Waals surface area contributed by atoms with Gasteiger partial charge in [-0.3, -0.25) is 9.69 Å². The van der Waals surface area contributed by atoms with Gasteiger partial charge in [0.15, 0.2) is 0 Å². The van der Waals surface area contributed by atoms with Crippen molar-refractivity contribution in [3.8, 4) is 10.6 Å². The van der Waals surface area contributed by atoms with Gasteiger partial charge in [0.2, 0.25) is 0 Å². The number of piperazine rings is 1. The highest BCUT2D eigenvalue weighted by Crippen LogP contribution is 2.24. The number of rotatable bonds is 6. The van der Waals surface area contributed by atoms with Gasteiger partial charge in [-0.1, -0.05) is 60.2 Å². The molecule has 2 heterocycles. The van der Waals surface area contributed by atoms with Crippen LogP contribution in [0, 0.1) is 6.92 Å². The first kappa shape index (κ1) is 20.7. The molecule has 156 valence electrons. The number of nitrogens with one attached hydrogen (secondary N) is 1. The summed E-state index contributed by atoms with van der Waals surface area (Å²) in [5.41, 5.74) is 3.86. The average molecular weight is 421 g/mol. The van der Waals surface area contributed by atoms with Crippen LogP contribution in [-0.4, -0.2) is 60.5 Å². The summed E-state index contributed by atoms with van der Waals surface area (Å²) in [6, 6.07) is 18.4. The van der Waals surface area contributed by atoms with E-state index in [2.05, 4.69) is 70.5 Å². The van der Waals surface area contributed by atoms with Crippen LogP contribution < -0.4 is 5.32 Å². The number of aryl methyl sites for hydroxylation is 1. The number of hydrogen-bond acceptors (Lipinski definition) is 5. The fourth-order valence-electron chi connectivity index (χ4n) is 3.65. The molecule has 0 saturated carbocycles. The first-order valence-electron chi connectivity index (χ1n) is 10.4. The second-order valence-electron chi connectivity index (χ2n) is 7.94. The van der Waals surface area contributed by atoms with Crippen LogP contribution in [-0.2, 0) is 0 Å². The average Bonchev–Trinajstić information content (AvgIpc) is 3.26. The molecule has 6 heteroatoms. The van der Waals surface area contributed by atoms with Crippen molar-refractivity contribution in [1.29, 1.82) is 0 Å². The SMILES string of the molecule is Cc1ccc(-c2nc(C(=O)NC(CN3CCN(C)CC3)c3ccccc3)cs2)cc1. The maximum atomic E-state index is 13.0. The Kier molecular flexibility index (Phi) is 6.57. The molecule has 0 aliphatic carbocycles. The Morgan fingerprint density at radius 3 is 2.47 bits per heavy atom. The molecule has 1 N–H and O–H groups in total. The summed E-state index contributed by atoms with van der Waals surface area (Å²) < 4.78 is 0. The third-order valence-corrected chi connectivity index (χ3v) is 6.47. The van der Waals surface area contributed by atoms with Crippen molar-refractivity contribution in [2.24, 2.45) is 0 Å². The highest BCUT2D eigenvalue weighted by Gasteiger charge is 2.22. The number of likely N-dealkylation sites (N-methyl/N-ethyl adjacent to an activating group) is 1. The number of benzene rings is 2. The molecule has 0 bridgehead atoms. The topological polar surface area (TPSA) is 48.5 Å². The van der Waals surface area contributed by atoms with Gasteiger partial charge in [0.25, 0.3) is 5.91 Å². The summed E-state index contributed by atoms with van der Waals surface area (Å²) in [7, 11) is 2.15. The lowest BCUT2D eigenvalue weighted by atomic mass is 10.1. The Hall–Kier alpha value is -2.54. The van der Waals surface area contributed by atoms with Crippen molar-refractivity contribution in [1.82, 2.24) is 20.1 Å². The predicted octanol–water partition coefficient (Wildman–Crippen LogP) is 3.84. The van der Waals surface area contributed by atoms with Gasteiger partial charge >= 0.3 is 0 Å². The van der Waals surface area contributed by atoms with E-state index >= 15 is 0 Å². The van der Waals surface area contributed by atoms with E-state index in [1.807, 2.05) is 23.6 Å². The summed E-state index contributed by atoms with van der Waals surface area (Å²) in [5, 5.41) is 5.95. The molecule has 2 aromatic carbocycles. The molecule has 1 aliphatic heterocycles. The molecule has 0 radical (unpaired) electrons. The largest absolute Gasteiger partial charge is 0.343 e. The Morgan fingerprint density at radius 2 is 1.77 bits per heavy atom. The minimum absolute atomic E-state index is 0.0633. The Morgan fingerprint density at radius 1 is 1.07 bits per heavy atom. The molecule has 1 saturated heterocycles. The predicted molar refractivity (Wildman–Crippen MR) is 123 cm³/mol. The van der Waals surface area contributed by atoms with Crippen LogP contribution in [0.3, 0.4) is 0 Å². The van der Waals surface area contributed by atoms with Crippen molar-refractivity contribution in [3.05, 3.63) is 76.8 Å². The Labute approximate surface area is 182 Å². The lowest BCUT2D eigenvalue weighted by Gasteiger charge is -2.35. The number of nitrogens with zero attached hydrogens (tertiary/aromatic N) is 3. The van der Waals surface area contributed by atoms with Gasteiger partial charge < -0.3 is 10.2 Å². The van der Waals surface area contributed by atoms with Crippen molar-refractivity contribution in [3.63, 3.8) is 0 Å². The van der Waals surface area contributed by atoms with E-state index in [1.165, 1.54) is 16.9 Å². The summed E-state index contributed by atoms with van der Waals surface area (Å²) in [6.07, 6.45) is 0. The summed E-state index contributed by atoms with van der Waals surface area (Å²) in [6.45, 7) is 7.02. The fraction of sp³-hybridized carbons (Fsp3) is 0.333. The highest BCUT2D eigenvalue weighted by molar-refractivity contribution is 7.13. The van der Waals surface area contributed by atoms with Crippen molar-refractivity contribution in [2.45, 2.75) is 13.0 Å². The van der Waals surface area contributed by atoms with Gasteiger partial charge in [0.1, 0.15) is 10.7 Å². The molecule has 0 spiro atoms. The molecular formula is C24H28N4OS. The van der Waals surface area contributed by atoms with E-state index in [4.69, 9.17) is 0 Å². The number of carbonyl (C=O) groups is 1. The minimum atomic E-state index is -0.118. The van der Waals surface area contributed by atoms with E-state index in [9.17, 15) is 4.79 Å². The van der Waals surface area contributed by atoms with E-state index in [0.717, 1.165) is 48.9 Å². The molecule has 3 aromatic rings. The molecule has 1 aromatic heterocycles. The zero-order valence-electron chi connectivity index (χ0n) is 17.5. The van der Waals surface area contributed by atoms with E-state index in [-0.39, 0.29) is 11.9 Å². The van der Waals surface area contributed by atoms with E-state index < -0.39 is 0 Å².